The van der Waals surface area contributed by atoms with Crippen molar-refractivity contribution in [2.24, 2.45) is 5.73 Å². The van der Waals surface area contributed by atoms with Crippen LogP contribution in [0.1, 0.15) is 21.5 Å². The molecule has 0 spiro atoms. The molecule has 0 aliphatic carbocycles. The molecular weight excluding hydrogens is 194 g/mol. The summed E-state index contributed by atoms with van der Waals surface area (Å²) in [7, 11) is 1.45. The second kappa shape index (κ2) is 4.31. The van der Waals surface area contributed by atoms with Crippen molar-refractivity contribution in [3.63, 3.8) is 0 Å². The number of hydrogen-bond donors (Lipinski definition) is 2. The average molecular weight is 209 g/mol. The third-order valence-electron chi connectivity index (χ3n) is 2.31. The first kappa shape index (κ1) is 11.5. The molecule has 0 saturated carbocycles. The van der Waals surface area contributed by atoms with Crippen LogP contribution in [-0.4, -0.2) is 24.5 Å². The number of aryl methyl sites for hydroxylation is 2. The van der Waals surface area contributed by atoms with E-state index in [1.54, 1.807) is 13.0 Å². The quantitative estimate of drug-likeness (QED) is 0.733. The lowest BCUT2D eigenvalue weighted by Crippen LogP contribution is -2.15. The van der Waals surface area contributed by atoms with Gasteiger partial charge in [-0.25, -0.2) is 0 Å². The fourth-order valence-corrected chi connectivity index (χ4v) is 1.66. The normalized spacial score (nSPS) is 10.1. The number of phenolic OH excluding ortho intramolecular Hbond substituents is 1. The van der Waals surface area contributed by atoms with Gasteiger partial charge in [-0.15, -0.1) is 0 Å². The summed E-state index contributed by atoms with van der Waals surface area (Å²) in [6.07, 6.45) is 0. The average Bonchev–Trinajstić information content (AvgIpc) is 2.17. The Hall–Kier alpha value is -1.55. The highest BCUT2D eigenvalue weighted by atomic mass is 16.5. The van der Waals surface area contributed by atoms with Crippen molar-refractivity contribution in [3.05, 3.63) is 22.8 Å². The SMILES string of the molecule is COc1c(C)cc(C)c(C(=O)CN)c1O. The number of ether oxygens (including phenoxy) is 1. The number of carbonyl (C=O) groups excluding carboxylic acids is 1. The Labute approximate surface area is 88.7 Å². The Balaban J connectivity index is 3.45. The second-order valence-electron chi connectivity index (χ2n) is 3.39. The van der Waals surface area contributed by atoms with Gasteiger partial charge in [0.05, 0.1) is 19.2 Å². The second-order valence-corrected chi connectivity index (χ2v) is 3.39. The minimum absolute atomic E-state index is 0.120. The van der Waals surface area contributed by atoms with Crippen LogP contribution in [0.25, 0.3) is 0 Å². The van der Waals surface area contributed by atoms with E-state index in [-0.39, 0.29) is 23.6 Å². The number of ketones is 1. The van der Waals surface area contributed by atoms with E-state index in [1.165, 1.54) is 7.11 Å². The lowest BCUT2D eigenvalue weighted by molar-refractivity contribution is 0.0997. The number of carbonyl (C=O) groups is 1. The molecule has 0 amide bonds. The van der Waals surface area contributed by atoms with Crippen LogP contribution in [0.4, 0.5) is 0 Å². The van der Waals surface area contributed by atoms with Gasteiger partial charge in [0.25, 0.3) is 0 Å². The zero-order chi connectivity index (χ0) is 11.6. The Morgan fingerprint density at radius 1 is 1.47 bits per heavy atom. The van der Waals surface area contributed by atoms with Crippen LogP contribution in [0.3, 0.4) is 0 Å². The molecule has 0 saturated heterocycles. The molecular formula is C11H15NO3. The molecule has 1 aromatic carbocycles. The van der Waals surface area contributed by atoms with Gasteiger partial charge in [0, 0.05) is 0 Å². The molecule has 0 heterocycles. The highest BCUT2D eigenvalue weighted by Gasteiger charge is 2.18. The predicted molar refractivity (Wildman–Crippen MR) is 57.5 cm³/mol. The van der Waals surface area contributed by atoms with Crippen LogP contribution in [0.5, 0.6) is 11.5 Å². The fraction of sp³-hybridized carbons (Fsp3) is 0.364. The maximum atomic E-state index is 11.5. The lowest BCUT2D eigenvalue weighted by atomic mass is 9.99. The van der Waals surface area contributed by atoms with Crippen molar-refractivity contribution in [2.45, 2.75) is 13.8 Å². The number of aromatic hydroxyl groups is 1. The molecule has 0 aromatic heterocycles. The summed E-state index contributed by atoms with van der Waals surface area (Å²) in [6, 6.07) is 1.79. The molecule has 1 aromatic rings. The number of Topliss-reactive ketones (excluding diaryl/α,β-unsaturated/α-hetero) is 1. The fourth-order valence-electron chi connectivity index (χ4n) is 1.66. The van der Waals surface area contributed by atoms with Crippen molar-refractivity contribution in [2.75, 3.05) is 13.7 Å². The van der Waals surface area contributed by atoms with Gasteiger partial charge in [0.15, 0.2) is 17.3 Å². The van der Waals surface area contributed by atoms with E-state index in [0.29, 0.717) is 11.3 Å². The van der Waals surface area contributed by atoms with Crippen molar-refractivity contribution < 1.29 is 14.6 Å². The molecule has 0 aliphatic heterocycles. The predicted octanol–water partition coefficient (Wildman–Crippen LogP) is 1.16. The van der Waals surface area contributed by atoms with E-state index in [9.17, 15) is 9.90 Å². The molecule has 1 rings (SSSR count). The highest BCUT2D eigenvalue weighted by Crippen LogP contribution is 2.35. The van der Waals surface area contributed by atoms with Crippen LogP contribution >= 0.6 is 0 Å². The van der Waals surface area contributed by atoms with Crippen molar-refractivity contribution in [1.82, 2.24) is 0 Å². The Morgan fingerprint density at radius 2 is 2.07 bits per heavy atom. The highest BCUT2D eigenvalue weighted by molar-refractivity contribution is 6.02. The summed E-state index contributed by atoms with van der Waals surface area (Å²) < 4.78 is 5.02. The molecule has 15 heavy (non-hydrogen) atoms. The number of methoxy groups -OCH3 is 1. The van der Waals surface area contributed by atoms with Gasteiger partial charge in [-0.1, -0.05) is 6.07 Å². The van der Waals surface area contributed by atoms with Gasteiger partial charge in [-0.05, 0) is 25.0 Å². The number of nitrogens with two attached hydrogens (primary N) is 1. The Morgan fingerprint density at radius 3 is 2.53 bits per heavy atom. The largest absolute Gasteiger partial charge is 0.504 e. The summed E-state index contributed by atoms with van der Waals surface area (Å²) in [5, 5.41) is 9.85. The summed E-state index contributed by atoms with van der Waals surface area (Å²) >= 11 is 0. The van der Waals surface area contributed by atoms with Crippen LogP contribution in [-0.2, 0) is 0 Å². The summed E-state index contributed by atoms with van der Waals surface area (Å²) in [5.41, 5.74) is 7.02. The topological polar surface area (TPSA) is 72.5 Å². The van der Waals surface area contributed by atoms with E-state index < -0.39 is 0 Å². The number of rotatable bonds is 3. The Bertz CT molecular complexity index is 399. The molecule has 4 nitrogen and oxygen atoms in total. The van der Waals surface area contributed by atoms with Crippen molar-refractivity contribution in [1.29, 1.82) is 0 Å². The van der Waals surface area contributed by atoms with Crippen molar-refractivity contribution >= 4 is 5.78 Å². The lowest BCUT2D eigenvalue weighted by Gasteiger charge is -2.13. The zero-order valence-corrected chi connectivity index (χ0v) is 9.13. The molecule has 0 radical (unpaired) electrons. The molecule has 82 valence electrons. The van der Waals surface area contributed by atoms with Gasteiger partial charge < -0.3 is 15.6 Å². The molecule has 0 aliphatic rings. The molecule has 0 bridgehead atoms. The number of benzene rings is 1. The van der Waals surface area contributed by atoms with Crippen LogP contribution in [0.2, 0.25) is 0 Å². The molecule has 0 unspecified atom stereocenters. The molecule has 0 fully saturated rings. The first-order valence-electron chi connectivity index (χ1n) is 4.63. The number of phenols is 1. The number of hydrogen-bond acceptors (Lipinski definition) is 4. The van der Waals surface area contributed by atoms with Gasteiger partial charge in [-0.2, -0.15) is 0 Å². The van der Waals surface area contributed by atoms with Crippen molar-refractivity contribution in [3.8, 4) is 11.5 Å². The first-order chi connectivity index (χ1) is 7.02. The van der Waals surface area contributed by atoms with Crippen LogP contribution in [0, 0.1) is 13.8 Å². The first-order valence-corrected chi connectivity index (χ1v) is 4.63. The summed E-state index contributed by atoms with van der Waals surface area (Å²) in [6.45, 7) is 3.44. The van der Waals surface area contributed by atoms with Gasteiger partial charge in [0.1, 0.15) is 0 Å². The van der Waals surface area contributed by atoms with Gasteiger partial charge >= 0.3 is 0 Å². The van der Waals surface area contributed by atoms with E-state index in [1.807, 2.05) is 6.92 Å². The summed E-state index contributed by atoms with van der Waals surface area (Å²) in [5.74, 6) is -0.0776. The Kier molecular flexibility index (Phi) is 3.31. The maximum Gasteiger partial charge on any atom is 0.180 e. The minimum Gasteiger partial charge on any atom is -0.504 e. The third kappa shape index (κ3) is 1.94. The standard InChI is InChI=1S/C11H15NO3/c1-6-4-7(2)11(15-3)10(14)9(6)8(13)5-12/h4,14H,5,12H2,1-3H3. The van der Waals surface area contributed by atoms with E-state index >= 15 is 0 Å². The van der Waals surface area contributed by atoms with E-state index in [2.05, 4.69) is 0 Å². The minimum atomic E-state index is -0.289. The summed E-state index contributed by atoms with van der Waals surface area (Å²) in [4.78, 5) is 11.5. The van der Waals surface area contributed by atoms with Gasteiger partial charge in [0.2, 0.25) is 0 Å². The third-order valence-corrected chi connectivity index (χ3v) is 2.31. The zero-order valence-electron chi connectivity index (χ0n) is 9.13. The van der Waals surface area contributed by atoms with Crippen LogP contribution in [0.15, 0.2) is 6.07 Å². The molecule has 3 N–H and O–H groups in total. The molecule has 0 atom stereocenters. The monoisotopic (exact) mass is 209 g/mol. The van der Waals surface area contributed by atoms with E-state index in [4.69, 9.17) is 10.5 Å². The maximum absolute atomic E-state index is 11.5. The smallest absolute Gasteiger partial charge is 0.180 e. The van der Waals surface area contributed by atoms with Crippen LogP contribution < -0.4 is 10.5 Å². The van der Waals surface area contributed by atoms with Gasteiger partial charge in [-0.3, -0.25) is 4.79 Å². The van der Waals surface area contributed by atoms with E-state index in [0.717, 1.165) is 5.56 Å². The molecule has 4 heteroatoms.